The number of carboxylic acid groups (broad SMARTS) is 1. The van der Waals surface area contributed by atoms with E-state index in [2.05, 4.69) is 20.7 Å². The summed E-state index contributed by atoms with van der Waals surface area (Å²) in [6.07, 6.45) is 0.302. The van der Waals surface area contributed by atoms with Crippen LogP contribution < -0.4 is 0 Å². The molecule has 0 aliphatic heterocycles. The van der Waals surface area contributed by atoms with Crippen LogP contribution >= 0.6 is 15.9 Å². The number of hydrogen-bond donors (Lipinski definition) is 1. The van der Waals surface area contributed by atoms with Crippen molar-refractivity contribution >= 4 is 27.9 Å². The van der Waals surface area contributed by atoms with Gasteiger partial charge in [0.1, 0.15) is 0 Å². The minimum Gasteiger partial charge on any atom is -0.480 e. The number of benzene rings is 1. The maximum Gasteiger partial charge on any atom is 0.323 e. The monoisotopic (exact) mass is 298 g/mol. The van der Waals surface area contributed by atoms with Gasteiger partial charge in [0.25, 0.3) is 0 Å². The van der Waals surface area contributed by atoms with Gasteiger partial charge in [-0.15, -0.1) is 0 Å². The molecule has 2 rings (SSSR count). The molecule has 0 heterocycles. The molecule has 1 aromatic rings. The van der Waals surface area contributed by atoms with E-state index in [4.69, 9.17) is 0 Å². The van der Waals surface area contributed by atoms with Gasteiger partial charge in [-0.05, 0) is 24.1 Å². The third-order valence-electron chi connectivity index (χ3n) is 3.16. The number of carbonyl (C=O) groups excluding carboxylic acids is 1. The predicted molar refractivity (Wildman–Crippen MR) is 63.6 cm³/mol. The van der Waals surface area contributed by atoms with Gasteiger partial charge < -0.3 is 9.84 Å². The Balaban J connectivity index is 2.29. The number of carbonyl (C=O) groups is 2. The van der Waals surface area contributed by atoms with E-state index >= 15 is 0 Å². The fourth-order valence-corrected chi connectivity index (χ4v) is 2.36. The van der Waals surface area contributed by atoms with E-state index in [0.29, 0.717) is 6.42 Å². The molecular weight excluding hydrogens is 288 g/mol. The molecule has 2 atom stereocenters. The van der Waals surface area contributed by atoms with Crippen molar-refractivity contribution in [3.63, 3.8) is 0 Å². The third kappa shape index (κ3) is 1.84. The molecule has 90 valence electrons. The van der Waals surface area contributed by atoms with Crippen molar-refractivity contribution < 1.29 is 19.4 Å². The zero-order valence-corrected chi connectivity index (χ0v) is 10.7. The third-order valence-corrected chi connectivity index (χ3v) is 3.69. The van der Waals surface area contributed by atoms with Crippen LogP contribution in [0, 0.1) is 5.41 Å². The second kappa shape index (κ2) is 4.14. The van der Waals surface area contributed by atoms with Crippen LogP contribution in [0.15, 0.2) is 28.7 Å². The Morgan fingerprint density at radius 2 is 2.00 bits per heavy atom. The Kier molecular flexibility index (Phi) is 2.95. The van der Waals surface area contributed by atoms with E-state index in [1.807, 2.05) is 24.3 Å². The van der Waals surface area contributed by atoms with Crippen LogP contribution in [0.3, 0.4) is 0 Å². The Morgan fingerprint density at radius 1 is 1.41 bits per heavy atom. The highest BCUT2D eigenvalue weighted by Crippen LogP contribution is 2.60. The molecule has 17 heavy (non-hydrogen) atoms. The van der Waals surface area contributed by atoms with Crippen LogP contribution in [0.4, 0.5) is 0 Å². The zero-order valence-electron chi connectivity index (χ0n) is 9.14. The molecule has 0 saturated heterocycles. The fraction of sp³-hybridized carbons (Fsp3) is 0.333. The Bertz CT molecular complexity index is 468. The molecule has 1 fully saturated rings. The first-order valence-corrected chi connectivity index (χ1v) is 5.89. The lowest BCUT2D eigenvalue weighted by Crippen LogP contribution is -2.28. The van der Waals surface area contributed by atoms with Gasteiger partial charge in [-0.1, -0.05) is 28.1 Å². The summed E-state index contributed by atoms with van der Waals surface area (Å²) < 4.78 is 5.50. The average molecular weight is 299 g/mol. The van der Waals surface area contributed by atoms with Crippen LogP contribution in [-0.4, -0.2) is 24.2 Å². The van der Waals surface area contributed by atoms with Crippen LogP contribution in [0.1, 0.15) is 17.9 Å². The minimum atomic E-state index is -1.39. The molecule has 1 aliphatic carbocycles. The number of hydrogen-bond acceptors (Lipinski definition) is 3. The van der Waals surface area contributed by atoms with Crippen LogP contribution in [0.2, 0.25) is 0 Å². The summed E-state index contributed by atoms with van der Waals surface area (Å²) in [6.45, 7) is 0. The van der Waals surface area contributed by atoms with E-state index in [9.17, 15) is 14.7 Å². The molecule has 4 nitrogen and oxygen atoms in total. The lowest BCUT2D eigenvalue weighted by atomic mass is 9.99. The smallest absolute Gasteiger partial charge is 0.323 e. The van der Waals surface area contributed by atoms with Crippen molar-refractivity contribution in [2.24, 2.45) is 5.41 Å². The van der Waals surface area contributed by atoms with Crippen LogP contribution in [0.25, 0.3) is 0 Å². The summed E-state index contributed by atoms with van der Waals surface area (Å²) in [6, 6.07) is 7.31. The van der Waals surface area contributed by atoms with Crippen molar-refractivity contribution in [2.45, 2.75) is 12.3 Å². The summed E-state index contributed by atoms with van der Waals surface area (Å²) in [5, 5.41) is 9.18. The van der Waals surface area contributed by atoms with Gasteiger partial charge in [0.15, 0.2) is 5.41 Å². The van der Waals surface area contributed by atoms with E-state index in [-0.39, 0.29) is 5.92 Å². The Morgan fingerprint density at radius 3 is 2.47 bits per heavy atom. The average Bonchev–Trinajstić information content (AvgIpc) is 3.05. The largest absolute Gasteiger partial charge is 0.480 e. The molecule has 0 radical (unpaired) electrons. The quantitative estimate of drug-likeness (QED) is 0.686. The second-order valence-electron chi connectivity index (χ2n) is 4.08. The molecule has 1 saturated carbocycles. The first-order chi connectivity index (χ1) is 8.02. The van der Waals surface area contributed by atoms with E-state index in [1.54, 1.807) is 0 Å². The molecule has 5 heteroatoms. The maximum absolute atomic E-state index is 11.6. The SMILES string of the molecule is COC(=O)[C@@]1(C(=O)O)C[C@H]1c1ccc(Br)cc1. The van der Waals surface area contributed by atoms with Crippen LogP contribution in [0.5, 0.6) is 0 Å². The van der Waals surface area contributed by atoms with Crippen molar-refractivity contribution in [1.82, 2.24) is 0 Å². The molecular formula is C12H11BrO4. The van der Waals surface area contributed by atoms with Gasteiger partial charge >= 0.3 is 11.9 Å². The van der Waals surface area contributed by atoms with Gasteiger partial charge in [-0.2, -0.15) is 0 Å². The van der Waals surface area contributed by atoms with Crippen LogP contribution in [-0.2, 0) is 14.3 Å². The minimum absolute atomic E-state index is 0.291. The summed E-state index contributed by atoms with van der Waals surface area (Å²) in [5.74, 6) is -2.07. The fourth-order valence-electron chi connectivity index (χ4n) is 2.09. The number of ether oxygens (including phenoxy) is 1. The standard InChI is InChI=1S/C12H11BrO4/c1-17-11(16)12(10(14)15)6-9(12)7-2-4-8(13)5-3-7/h2-5,9H,6H2,1H3,(H,14,15)/t9-,12-/m0/s1. The van der Waals surface area contributed by atoms with Gasteiger partial charge in [0.2, 0.25) is 0 Å². The van der Waals surface area contributed by atoms with Crippen molar-refractivity contribution in [2.75, 3.05) is 7.11 Å². The van der Waals surface area contributed by atoms with Gasteiger partial charge in [-0.3, -0.25) is 9.59 Å². The number of rotatable bonds is 3. The summed E-state index contributed by atoms with van der Waals surface area (Å²) in [7, 11) is 1.21. The van der Waals surface area contributed by atoms with E-state index in [0.717, 1.165) is 10.0 Å². The van der Waals surface area contributed by atoms with Crippen molar-refractivity contribution in [1.29, 1.82) is 0 Å². The lowest BCUT2D eigenvalue weighted by molar-refractivity contribution is -0.159. The number of esters is 1. The molecule has 0 unspecified atom stereocenters. The highest BCUT2D eigenvalue weighted by Gasteiger charge is 2.67. The normalized spacial score (nSPS) is 26.4. The number of halogens is 1. The zero-order chi connectivity index (χ0) is 12.6. The molecule has 1 N–H and O–H groups in total. The highest BCUT2D eigenvalue weighted by atomic mass is 79.9. The first kappa shape index (κ1) is 12.1. The lowest BCUT2D eigenvalue weighted by Gasteiger charge is -2.09. The van der Waals surface area contributed by atoms with Crippen molar-refractivity contribution in [3.05, 3.63) is 34.3 Å². The predicted octanol–water partition coefficient (Wildman–Crippen LogP) is 2.18. The maximum atomic E-state index is 11.6. The summed E-state index contributed by atoms with van der Waals surface area (Å²) in [4.78, 5) is 22.8. The summed E-state index contributed by atoms with van der Waals surface area (Å²) >= 11 is 3.31. The number of aliphatic carboxylic acids is 1. The summed E-state index contributed by atoms with van der Waals surface area (Å²) in [5.41, 5.74) is -0.538. The first-order valence-electron chi connectivity index (χ1n) is 5.09. The topological polar surface area (TPSA) is 63.6 Å². The van der Waals surface area contributed by atoms with Gasteiger partial charge in [0, 0.05) is 10.4 Å². The highest BCUT2D eigenvalue weighted by molar-refractivity contribution is 9.10. The number of methoxy groups -OCH3 is 1. The molecule has 0 aromatic heterocycles. The van der Waals surface area contributed by atoms with Gasteiger partial charge in [0.05, 0.1) is 7.11 Å². The molecule has 0 spiro atoms. The Hall–Kier alpha value is -1.36. The molecule has 1 aromatic carbocycles. The van der Waals surface area contributed by atoms with E-state index < -0.39 is 17.4 Å². The second-order valence-corrected chi connectivity index (χ2v) is 4.99. The van der Waals surface area contributed by atoms with Gasteiger partial charge in [-0.25, -0.2) is 0 Å². The molecule has 0 amide bonds. The molecule has 0 bridgehead atoms. The number of carboxylic acids is 1. The van der Waals surface area contributed by atoms with Crippen molar-refractivity contribution in [3.8, 4) is 0 Å². The Labute approximate surface area is 107 Å². The molecule has 1 aliphatic rings. The van der Waals surface area contributed by atoms with E-state index in [1.165, 1.54) is 7.11 Å².